The number of hydrogen-bond donors (Lipinski definition) is 1. The van der Waals surface area contributed by atoms with Gasteiger partial charge in [0.1, 0.15) is 17.6 Å². The van der Waals surface area contributed by atoms with Crippen LogP contribution in [0.3, 0.4) is 0 Å². The van der Waals surface area contributed by atoms with Crippen LogP contribution in [0.4, 0.5) is 13.2 Å². The molecule has 3 rings (SSSR count). The number of hydrogen-bond acceptors (Lipinski definition) is 6. The fraction of sp³-hybridized carbons (Fsp3) is 0.357. The van der Waals surface area contributed by atoms with Crippen LogP contribution in [0.5, 0.6) is 5.75 Å². The van der Waals surface area contributed by atoms with Gasteiger partial charge in [0.05, 0.1) is 12.1 Å². The summed E-state index contributed by atoms with van der Waals surface area (Å²) in [6.07, 6.45) is 0. The Balaban J connectivity index is 1.84. The van der Waals surface area contributed by atoms with Crippen molar-refractivity contribution in [1.82, 2.24) is 20.4 Å². The van der Waals surface area contributed by atoms with Gasteiger partial charge in [0.15, 0.2) is 0 Å². The number of halogens is 3. The van der Waals surface area contributed by atoms with E-state index >= 15 is 0 Å². The molecule has 10 heteroatoms. The predicted molar refractivity (Wildman–Crippen MR) is 74.7 cm³/mol. The van der Waals surface area contributed by atoms with Gasteiger partial charge in [-0.15, -0.1) is 0 Å². The van der Waals surface area contributed by atoms with Crippen LogP contribution >= 0.6 is 0 Å². The van der Waals surface area contributed by atoms with Crippen LogP contribution < -0.4 is 10.1 Å². The molecule has 1 N–H and O–H groups in total. The molecule has 0 spiro atoms. The molecule has 2 aromatic rings. The van der Waals surface area contributed by atoms with Crippen molar-refractivity contribution in [3.05, 3.63) is 29.9 Å². The molecule has 24 heavy (non-hydrogen) atoms. The lowest BCUT2D eigenvalue weighted by atomic mass is 10.2. The number of likely N-dealkylation sites (N-methyl/N-ethyl adjacent to an activating group) is 1. The maximum absolute atomic E-state index is 13.9. The number of nitrogens with zero attached hydrogens (tertiary/aromatic N) is 3. The minimum Gasteiger partial charge on any atom is -0.435 e. The third-order valence-electron chi connectivity index (χ3n) is 3.53. The van der Waals surface area contributed by atoms with Crippen LogP contribution in [0.25, 0.3) is 11.4 Å². The second-order valence-electron chi connectivity index (χ2n) is 5.18. The highest BCUT2D eigenvalue weighted by molar-refractivity contribution is 5.78. The highest BCUT2D eigenvalue weighted by atomic mass is 19.3. The number of ether oxygens (including phenoxy) is 1. The van der Waals surface area contributed by atoms with Gasteiger partial charge < -0.3 is 14.2 Å². The molecule has 1 saturated heterocycles. The molecule has 1 amide bonds. The minimum absolute atomic E-state index is 0.0751. The highest BCUT2D eigenvalue weighted by Gasteiger charge is 2.28. The van der Waals surface area contributed by atoms with Crippen molar-refractivity contribution in [2.24, 2.45) is 0 Å². The van der Waals surface area contributed by atoms with Crippen LogP contribution in [-0.4, -0.2) is 47.7 Å². The standard InChI is InChI=1S/C14H13F3N4O3/c1-21-6-10(18-5-11(21)22)13-19-12(20-24-13)8-4-7(23-14(16)17)2-3-9(8)15/h2-4,10,14,18H,5-6H2,1H3. The summed E-state index contributed by atoms with van der Waals surface area (Å²) >= 11 is 0. The minimum atomic E-state index is -3.02. The van der Waals surface area contributed by atoms with Crippen LogP contribution in [0.15, 0.2) is 22.7 Å². The summed E-state index contributed by atoms with van der Waals surface area (Å²) in [6.45, 7) is -2.59. The molecule has 1 atom stereocenters. The zero-order chi connectivity index (χ0) is 17.3. The Labute approximate surface area is 134 Å². The van der Waals surface area contributed by atoms with E-state index in [1.165, 1.54) is 4.90 Å². The molecule has 128 valence electrons. The maximum Gasteiger partial charge on any atom is 0.387 e. The van der Waals surface area contributed by atoms with Crippen molar-refractivity contribution in [3.63, 3.8) is 0 Å². The van der Waals surface area contributed by atoms with Gasteiger partial charge in [-0.1, -0.05) is 5.16 Å². The molecule has 1 unspecified atom stereocenters. The molecular formula is C14H13F3N4O3. The first-order chi connectivity index (χ1) is 11.4. The Morgan fingerprint density at radius 2 is 2.25 bits per heavy atom. The molecule has 1 aromatic heterocycles. The van der Waals surface area contributed by atoms with E-state index < -0.39 is 18.5 Å². The number of alkyl halides is 2. The van der Waals surface area contributed by atoms with E-state index in [-0.39, 0.29) is 35.5 Å². The Morgan fingerprint density at radius 1 is 1.46 bits per heavy atom. The van der Waals surface area contributed by atoms with Crippen LogP contribution in [0, 0.1) is 5.82 Å². The van der Waals surface area contributed by atoms with Gasteiger partial charge in [-0.2, -0.15) is 13.8 Å². The molecule has 2 heterocycles. The van der Waals surface area contributed by atoms with Gasteiger partial charge in [-0.05, 0) is 18.2 Å². The molecule has 1 aliphatic rings. The number of nitrogens with one attached hydrogen (secondary N) is 1. The monoisotopic (exact) mass is 342 g/mol. The topological polar surface area (TPSA) is 80.5 Å². The lowest BCUT2D eigenvalue weighted by Gasteiger charge is -2.28. The summed E-state index contributed by atoms with van der Waals surface area (Å²) in [6, 6.07) is 2.74. The Morgan fingerprint density at radius 3 is 2.96 bits per heavy atom. The van der Waals surface area contributed by atoms with Gasteiger partial charge in [-0.25, -0.2) is 4.39 Å². The average Bonchev–Trinajstić information content (AvgIpc) is 3.01. The number of carbonyl (C=O) groups excluding carboxylic acids is 1. The summed E-state index contributed by atoms with van der Waals surface area (Å²) in [4.78, 5) is 17.0. The largest absolute Gasteiger partial charge is 0.435 e. The van der Waals surface area contributed by atoms with Gasteiger partial charge in [0.2, 0.25) is 17.6 Å². The van der Waals surface area contributed by atoms with Crippen molar-refractivity contribution in [2.75, 3.05) is 20.1 Å². The Hall–Kier alpha value is -2.62. The molecule has 0 bridgehead atoms. The number of benzene rings is 1. The molecule has 1 aromatic carbocycles. The number of aromatic nitrogens is 2. The summed E-state index contributed by atoms with van der Waals surface area (Å²) in [5, 5.41) is 6.60. The average molecular weight is 342 g/mol. The van der Waals surface area contributed by atoms with Crippen molar-refractivity contribution < 1.29 is 27.2 Å². The predicted octanol–water partition coefficient (Wildman–Crippen LogP) is 1.58. The molecule has 0 radical (unpaired) electrons. The van der Waals surface area contributed by atoms with E-state index in [4.69, 9.17) is 4.52 Å². The fourth-order valence-corrected chi connectivity index (χ4v) is 2.29. The first kappa shape index (κ1) is 16.2. The smallest absolute Gasteiger partial charge is 0.387 e. The summed E-state index contributed by atoms with van der Waals surface area (Å²) < 4.78 is 47.8. The highest BCUT2D eigenvalue weighted by Crippen LogP contribution is 2.27. The van der Waals surface area contributed by atoms with E-state index in [0.29, 0.717) is 6.54 Å². The lowest BCUT2D eigenvalue weighted by Crippen LogP contribution is -2.47. The van der Waals surface area contributed by atoms with E-state index in [9.17, 15) is 18.0 Å². The van der Waals surface area contributed by atoms with E-state index in [2.05, 4.69) is 20.2 Å². The normalized spacial score (nSPS) is 18.3. The van der Waals surface area contributed by atoms with Crippen LogP contribution in [0.1, 0.15) is 11.9 Å². The second-order valence-corrected chi connectivity index (χ2v) is 5.18. The first-order valence-corrected chi connectivity index (χ1v) is 6.99. The van der Waals surface area contributed by atoms with Crippen molar-refractivity contribution >= 4 is 5.91 Å². The van der Waals surface area contributed by atoms with E-state index in [1.54, 1.807) is 7.05 Å². The SMILES string of the molecule is CN1CC(c2nc(-c3cc(OC(F)F)ccc3F)no2)NCC1=O. The molecule has 1 fully saturated rings. The molecule has 0 aliphatic carbocycles. The van der Waals surface area contributed by atoms with Crippen molar-refractivity contribution in [2.45, 2.75) is 12.7 Å². The van der Waals surface area contributed by atoms with Crippen molar-refractivity contribution in [3.8, 4) is 17.1 Å². The van der Waals surface area contributed by atoms with E-state index in [0.717, 1.165) is 18.2 Å². The molecule has 1 aliphatic heterocycles. The van der Waals surface area contributed by atoms with Gasteiger partial charge in [0, 0.05) is 13.6 Å². The quantitative estimate of drug-likeness (QED) is 0.909. The Kier molecular flexibility index (Phi) is 4.38. The summed E-state index contributed by atoms with van der Waals surface area (Å²) in [7, 11) is 1.64. The number of piperazine rings is 1. The van der Waals surface area contributed by atoms with E-state index in [1.807, 2.05) is 0 Å². The number of amides is 1. The Bertz CT molecular complexity index is 753. The molecule has 7 nitrogen and oxygen atoms in total. The number of rotatable bonds is 4. The fourth-order valence-electron chi connectivity index (χ4n) is 2.29. The van der Waals surface area contributed by atoms with Crippen molar-refractivity contribution in [1.29, 1.82) is 0 Å². The summed E-state index contributed by atoms with van der Waals surface area (Å²) in [5.74, 6) is -0.914. The van der Waals surface area contributed by atoms with Crippen LogP contribution in [-0.2, 0) is 4.79 Å². The molecule has 0 saturated carbocycles. The van der Waals surface area contributed by atoms with Gasteiger partial charge >= 0.3 is 6.61 Å². The van der Waals surface area contributed by atoms with Crippen LogP contribution in [0.2, 0.25) is 0 Å². The molecular weight excluding hydrogens is 329 g/mol. The first-order valence-electron chi connectivity index (χ1n) is 6.99. The maximum atomic E-state index is 13.9. The third kappa shape index (κ3) is 3.32. The van der Waals surface area contributed by atoms with Gasteiger partial charge in [-0.3, -0.25) is 10.1 Å². The second kappa shape index (κ2) is 6.48. The van der Waals surface area contributed by atoms with Gasteiger partial charge in [0.25, 0.3) is 0 Å². The lowest BCUT2D eigenvalue weighted by molar-refractivity contribution is -0.131. The zero-order valence-corrected chi connectivity index (χ0v) is 12.5. The summed E-state index contributed by atoms with van der Waals surface area (Å²) in [5.41, 5.74) is -0.122. The zero-order valence-electron chi connectivity index (χ0n) is 12.5. The third-order valence-corrected chi connectivity index (χ3v) is 3.53. The number of carbonyl (C=O) groups is 1.